The van der Waals surface area contributed by atoms with Crippen molar-refractivity contribution in [1.29, 1.82) is 0 Å². The normalized spacial score (nSPS) is 16.6. The first-order valence-electron chi connectivity index (χ1n) is 5.58. The average Bonchev–Trinajstić information content (AvgIpc) is 3.04. The van der Waals surface area contributed by atoms with Gasteiger partial charge in [0, 0.05) is 6.07 Å². The largest absolute Gasteiger partial charge is 0.490 e. The Morgan fingerprint density at radius 1 is 1.53 bits per heavy atom. The van der Waals surface area contributed by atoms with E-state index in [1.165, 1.54) is 13.2 Å². The lowest BCUT2D eigenvalue weighted by molar-refractivity contribution is -0.385. The summed E-state index contributed by atoms with van der Waals surface area (Å²) in [6, 6.07) is 4.83. The lowest BCUT2D eigenvalue weighted by atomic mass is 10.0. The van der Waals surface area contributed by atoms with E-state index in [-0.39, 0.29) is 11.4 Å². The molecule has 1 aliphatic rings. The molecule has 0 aliphatic heterocycles. The van der Waals surface area contributed by atoms with E-state index in [1.54, 1.807) is 12.1 Å². The predicted octanol–water partition coefficient (Wildman–Crippen LogP) is 2.06. The smallest absolute Gasteiger partial charge is 0.310 e. The molecule has 0 radical (unpaired) electrons. The molecule has 1 N–H and O–H groups in total. The molecule has 0 heterocycles. The monoisotopic (exact) mass is 237 g/mol. The van der Waals surface area contributed by atoms with Crippen molar-refractivity contribution >= 4 is 5.69 Å². The molecule has 1 aliphatic carbocycles. The van der Waals surface area contributed by atoms with E-state index in [0.717, 1.165) is 18.4 Å². The molecule has 5 nitrogen and oxygen atoms in total. The third-order valence-electron chi connectivity index (χ3n) is 3.15. The summed E-state index contributed by atoms with van der Waals surface area (Å²) in [4.78, 5) is 10.2. The third-order valence-corrected chi connectivity index (χ3v) is 3.15. The highest BCUT2D eigenvalue weighted by Gasteiger charge is 2.39. The number of nitrogens with zero attached hydrogens (tertiary/aromatic N) is 1. The Hall–Kier alpha value is -1.62. The quantitative estimate of drug-likeness (QED) is 0.628. The van der Waals surface area contributed by atoms with Crippen molar-refractivity contribution in [2.75, 3.05) is 7.11 Å². The summed E-state index contributed by atoms with van der Waals surface area (Å²) in [7, 11) is 1.42. The number of benzene rings is 1. The van der Waals surface area contributed by atoms with Crippen LogP contribution in [0.3, 0.4) is 0 Å². The molecule has 1 saturated carbocycles. The van der Waals surface area contributed by atoms with Crippen LogP contribution in [0.4, 0.5) is 5.69 Å². The van der Waals surface area contributed by atoms with Gasteiger partial charge in [0.1, 0.15) is 0 Å². The highest BCUT2D eigenvalue weighted by molar-refractivity contribution is 5.48. The van der Waals surface area contributed by atoms with Gasteiger partial charge in [0.05, 0.1) is 17.6 Å². The Morgan fingerprint density at radius 3 is 2.76 bits per heavy atom. The van der Waals surface area contributed by atoms with Crippen LogP contribution in [0.15, 0.2) is 18.2 Å². The minimum absolute atomic E-state index is 0.0265. The van der Waals surface area contributed by atoms with Gasteiger partial charge in [0.15, 0.2) is 5.75 Å². The van der Waals surface area contributed by atoms with Crippen molar-refractivity contribution in [2.24, 2.45) is 0 Å². The first-order chi connectivity index (χ1) is 8.04. The zero-order valence-electron chi connectivity index (χ0n) is 9.68. The highest BCUT2D eigenvalue weighted by atomic mass is 16.6. The molecule has 92 valence electrons. The fourth-order valence-electron chi connectivity index (χ4n) is 1.80. The van der Waals surface area contributed by atoms with Gasteiger partial charge in [0.2, 0.25) is 0 Å². The zero-order valence-corrected chi connectivity index (χ0v) is 9.68. The van der Waals surface area contributed by atoms with Crippen LogP contribution in [0, 0.1) is 10.1 Å². The van der Waals surface area contributed by atoms with Gasteiger partial charge in [-0.1, -0.05) is 6.07 Å². The Morgan fingerprint density at radius 2 is 2.24 bits per heavy atom. The van der Waals surface area contributed by atoms with Crippen LogP contribution < -0.4 is 4.74 Å². The summed E-state index contributed by atoms with van der Waals surface area (Å²) in [5, 5.41) is 20.4. The molecule has 1 aromatic rings. The zero-order chi connectivity index (χ0) is 12.5. The van der Waals surface area contributed by atoms with Crippen LogP contribution in [-0.2, 0) is 6.42 Å². The molecule has 2 rings (SSSR count). The number of methoxy groups -OCH3 is 1. The second-order valence-corrected chi connectivity index (χ2v) is 4.49. The molecular formula is C12H15NO4. The number of nitro groups is 1. The minimum atomic E-state index is -0.491. The summed E-state index contributed by atoms with van der Waals surface area (Å²) in [5.41, 5.74) is 0.434. The van der Waals surface area contributed by atoms with Gasteiger partial charge in [-0.05, 0) is 37.3 Å². The molecule has 17 heavy (non-hydrogen) atoms. The van der Waals surface area contributed by atoms with E-state index in [1.807, 2.05) is 0 Å². The molecule has 1 aromatic carbocycles. The van der Waals surface area contributed by atoms with Crippen LogP contribution in [0.2, 0.25) is 0 Å². The Bertz CT molecular complexity index is 440. The lowest BCUT2D eigenvalue weighted by Gasteiger charge is -2.08. The number of ether oxygens (including phenoxy) is 1. The van der Waals surface area contributed by atoms with Crippen LogP contribution in [-0.4, -0.2) is 22.7 Å². The van der Waals surface area contributed by atoms with Gasteiger partial charge in [-0.15, -0.1) is 0 Å². The number of hydrogen-bond acceptors (Lipinski definition) is 4. The Labute approximate surface area is 99.2 Å². The fraction of sp³-hybridized carbons (Fsp3) is 0.500. The number of hydrogen-bond donors (Lipinski definition) is 1. The molecule has 0 saturated heterocycles. The standard InChI is InChI=1S/C12H15NO4/c1-17-11-8-9(2-3-10(11)13(15)16)4-5-12(14)6-7-12/h2-3,8,14H,4-7H2,1H3. The average molecular weight is 237 g/mol. The summed E-state index contributed by atoms with van der Waals surface area (Å²) in [6.45, 7) is 0. The van der Waals surface area contributed by atoms with Crippen LogP contribution in [0.25, 0.3) is 0 Å². The maximum absolute atomic E-state index is 10.7. The van der Waals surface area contributed by atoms with Crippen LogP contribution >= 0.6 is 0 Å². The summed E-state index contributed by atoms with van der Waals surface area (Å²) < 4.78 is 4.99. The topological polar surface area (TPSA) is 72.6 Å². The molecule has 0 atom stereocenters. The van der Waals surface area contributed by atoms with Gasteiger partial charge < -0.3 is 9.84 Å². The Kier molecular flexibility index (Phi) is 3.02. The number of nitro benzene ring substituents is 1. The van der Waals surface area contributed by atoms with Crippen molar-refractivity contribution in [3.05, 3.63) is 33.9 Å². The molecule has 0 spiro atoms. The predicted molar refractivity (Wildman–Crippen MR) is 62.2 cm³/mol. The highest BCUT2D eigenvalue weighted by Crippen LogP contribution is 2.39. The molecule has 0 unspecified atom stereocenters. The van der Waals surface area contributed by atoms with E-state index in [9.17, 15) is 15.2 Å². The summed E-state index contributed by atoms with van der Waals surface area (Å²) >= 11 is 0. The number of aliphatic hydroxyl groups is 1. The van der Waals surface area contributed by atoms with Crippen molar-refractivity contribution in [3.8, 4) is 5.75 Å². The second-order valence-electron chi connectivity index (χ2n) is 4.49. The van der Waals surface area contributed by atoms with Gasteiger partial charge in [-0.2, -0.15) is 0 Å². The van der Waals surface area contributed by atoms with Crippen molar-refractivity contribution < 1.29 is 14.8 Å². The SMILES string of the molecule is COc1cc(CCC2(O)CC2)ccc1[N+](=O)[O-]. The first-order valence-corrected chi connectivity index (χ1v) is 5.58. The molecular weight excluding hydrogens is 222 g/mol. The second kappa shape index (κ2) is 4.33. The van der Waals surface area contributed by atoms with E-state index in [4.69, 9.17) is 4.74 Å². The molecule has 5 heteroatoms. The molecule has 1 fully saturated rings. The molecule has 0 bridgehead atoms. The van der Waals surface area contributed by atoms with E-state index < -0.39 is 10.5 Å². The minimum Gasteiger partial charge on any atom is -0.490 e. The number of aryl methyl sites for hydroxylation is 1. The van der Waals surface area contributed by atoms with E-state index in [2.05, 4.69) is 0 Å². The summed E-state index contributed by atoms with van der Waals surface area (Å²) in [5.74, 6) is 0.273. The van der Waals surface area contributed by atoms with Gasteiger partial charge in [-0.3, -0.25) is 10.1 Å². The van der Waals surface area contributed by atoms with Crippen LogP contribution in [0.5, 0.6) is 5.75 Å². The summed E-state index contributed by atoms with van der Waals surface area (Å²) in [6.07, 6.45) is 3.13. The first kappa shape index (κ1) is 11.9. The maximum Gasteiger partial charge on any atom is 0.310 e. The lowest BCUT2D eigenvalue weighted by Crippen LogP contribution is -2.07. The van der Waals surface area contributed by atoms with Crippen LogP contribution in [0.1, 0.15) is 24.8 Å². The molecule has 0 amide bonds. The van der Waals surface area contributed by atoms with E-state index in [0.29, 0.717) is 12.8 Å². The van der Waals surface area contributed by atoms with Crippen molar-refractivity contribution in [1.82, 2.24) is 0 Å². The van der Waals surface area contributed by atoms with Gasteiger partial charge in [0.25, 0.3) is 0 Å². The Balaban J connectivity index is 2.10. The van der Waals surface area contributed by atoms with Gasteiger partial charge >= 0.3 is 5.69 Å². The molecule has 0 aromatic heterocycles. The fourth-order valence-corrected chi connectivity index (χ4v) is 1.80. The van der Waals surface area contributed by atoms with Crippen molar-refractivity contribution in [2.45, 2.75) is 31.3 Å². The van der Waals surface area contributed by atoms with Crippen molar-refractivity contribution in [3.63, 3.8) is 0 Å². The number of rotatable bonds is 5. The van der Waals surface area contributed by atoms with E-state index >= 15 is 0 Å². The maximum atomic E-state index is 10.7. The van der Waals surface area contributed by atoms with Gasteiger partial charge in [-0.25, -0.2) is 0 Å². The third kappa shape index (κ3) is 2.74.